The zero-order chi connectivity index (χ0) is 62.5. The van der Waals surface area contributed by atoms with Crippen LogP contribution in [0.25, 0.3) is 0 Å². The largest absolute Gasteiger partial charge is 0.472 e. The van der Waals surface area contributed by atoms with E-state index in [2.05, 4.69) is 55.4 Å². The normalized spacial score (nSPS) is 14.4. The smallest absolute Gasteiger partial charge is 0.462 e. The van der Waals surface area contributed by atoms with E-state index in [1.165, 1.54) is 109 Å². The lowest BCUT2D eigenvalue weighted by atomic mass is 10.0. The van der Waals surface area contributed by atoms with Crippen LogP contribution in [0.3, 0.4) is 0 Å². The van der Waals surface area contributed by atoms with Gasteiger partial charge >= 0.3 is 39.5 Å². The molecule has 0 aromatic rings. The van der Waals surface area contributed by atoms with Crippen LogP contribution >= 0.6 is 15.6 Å². The predicted octanol–water partition coefficient (Wildman–Crippen LogP) is 17.8. The molecule has 5 atom stereocenters. The first-order valence-electron chi connectivity index (χ1n) is 33.7. The summed E-state index contributed by atoms with van der Waals surface area (Å²) in [4.78, 5) is 72.2. The van der Waals surface area contributed by atoms with E-state index in [1.54, 1.807) is 0 Å². The molecule has 3 unspecified atom stereocenters. The maximum atomic E-state index is 13.0. The van der Waals surface area contributed by atoms with E-state index in [0.717, 1.165) is 108 Å². The van der Waals surface area contributed by atoms with Crippen molar-refractivity contribution in [2.45, 2.75) is 331 Å². The number of phosphoric ester groups is 2. The maximum absolute atomic E-state index is 13.0. The van der Waals surface area contributed by atoms with E-state index < -0.39 is 97.5 Å². The van der Waals surface area contributed by atoms with E-state index in [4.69, 9.17) is 37.0 Å². The van der Waals surface area contributed by atoms with Gasteiger partial charge in [-0.15, -0.1) is 0 Å². The molecule has 0 amide bonds. The Hall–Kier alpha value is -1.94. The number of hydrogen-bond acceptors (Lipinski definition) is 15. The highest BCUT2D eigenvalue weighted by Crippen LogP contribution is 2.45. The van der Waals surface area contributed by atoms with Gasteiger partial charge in [0.1, 0.15) is 19.3 Å². The first kappa shape index (κ1) is 82.1. The molecule has 0 aromatic carbocycles. The lowest BCUT2D eigenvalue weighted by molar-refractivity contribution is -0.161. The Morgan fingerprint density at radius 3 is 0.738 bits per heavy atom. The fourth-order valence-electron chi connectivity index (χ4n) is 9.61. The van der Waals surface area contributed by atoms with Crippen LogP contribution in [0.5, 0.6) is 0 Å². The lowest BCUT2D eigenvalue weighted by Gasteiger charge is -2.21. The van der Waals surface area contributed by atoms with E-state index in [9.17, 15) is 43.2 Å². The van der Waals surface area contributed by atoms with Crippen molar-refractivity contribution in [1.82, 2.24) is 0 Å². The lowest BCUT2D eigenvalue weighted by Crippen LogP contribution is -2.30. The molecule has 0 aliphatic carbocycles. The molecule has 0 fully saturated rings. The quantitative estimate of drug-likeness (QED) is 0.0222. The third kappa shape index (κ3) is 59.0. The van der Waals surface area contributed by atoms with Gasteiger partial charge in [-0.25, -0.2) is 9.13 Å². The molecule has 0 spiro atoms. The van der Waals surface area contributed by atoms with Crippen molar-refractivity contribution in [1.29, 1.82) is 0 Å². The molecule has 0 rings (SSSR count). The van der Waals surface area contributed by atoms with E-state index in [1.807, 2.05) is 0 Å². The summed E-state index contributed by atoms with van der Waals surface area (Å²) < 4.78 is 68.0. The number of phosphoric acid groups is 2. The van der Waals surface area contributed by atoms with Crippen molar-refractivity contribution in [3.05, 3.63) is 0 Å². The van der Waals surface area contributed by atoms with Crippen molar-refractivity contribution in [3.8, 4) is 0 Å². The number of unbranched alkanes of at least 4 members (excludes halogenated alkanes) is 28. The average Bonchev–Trinajstić information content (AvgIpc) is 3.50. The average molecular weight is 1240 g/mol. The van der Waals surface area contributed by atoms with Gasteiger partial charge in [0.15, 0.2) is 12.2 Å². The van der Waals surface area contributed by atoms with Gasteiger partial charge in [0.2, 0.25) is 0 Å². The second kappa shape index (κ2) is 55.2. The van der Waals surface area contributed by atoms with Crippen molar-refractivity contribution in [2.75, 3.05) is 39.6 Å². The Balaban J connectivity index is 5.25. The van der Waals surface area contributed by atoms with Gasteiger partial charge in [-0.05, 0) is 49.4 Å². The third-order valence-corrected chi connectivity index (χ3v) is 16.7. The summed E-state index contributed by atoms with van der Waals surface area (Å²) in [5, 5.41) is 10.5. The maximum Gasteiger partial charge on any atom is 0.472 e. The summed E-state index contributed by atoms with van der Waals surface area (Å²) in [6, 6.07) is 0. The van der Waals surface area contributed by atoms with Crippen molar-refractivity contribution >= 4 is 39.5 Å². The van der Waals surface area contributed by atoms with Crippen LogP contribution in [0.1, 0.15) is 312 Å². The number of aliphatic hydroxyl groups is 1. The van der Waals surface area contributed by atoms with E-state index in [-0.39, 0.29) is 25.7 Å². The summed E-state index contributed by atoms with van der Waals surface area (Å²) in [6.45, 7) is 13.9. The molecular formula is C65H126O17P2. The molecule has 0 aromatic heterocycles. The van der Waals surface area contributed by atoms with Gasteiger partial charge < -0.3 is 33.8 Å². The fraction of sp³-hybridized carbons (Fsp3) is 0.938. The molecule has 0 saturated heterocycles. The second-order valence-corrected chi connectivity index (χ2v) is 28.3. The molecule has 0 saturated carbocycles. The molecule has 19 heteroatoms. The molecule has 17 nitrogen and oxygen atoms in total. The van der Waals surface area contributed by atoms with E-state index in [0.29, 0.717) is 37.5 Å². The van der Waals surface area contributed by atoms with Gasteiger partial charge in [0, 0.05) is 25.7 Å². The number of carbonyl (C=O) groups excluding carboxylic acids is 4. The van der Waals surface area contributed by atoms with Crippen LogP contribution < -0.4 is 0 Å². The zero-order valence-corrected chi connectivity index (χ0v) is 56.3. The van der Waals surface area contributed by atoms with Crippen LogP contribution in [0.2, 0.25) is 0 Å². The number of carbonyl (C=O) groups is 4. The number of aliphatic hydroxyl groups excluding tert-OH is 1. The van der Waals surface area contributed by atoms with E-state index >= 15 is 0 Å². The van der Waals surface area contributed by atoms with Crippen LogP contribution in [0, 0.1) is 23.7 Å². The third-order valence-electron chi connectivity index (χ3n) is 14.8. The second-order valence-electron chi connectivity index (χ2n) is 25.4. The standard InChI is InChI=1S/C65H126O17P2/c1-55(2)41-33-25-17-12-10-9-11-13-21-31-39-47-64(69)81-60(51-75-62(67)45-37-29-20-15-14-18-26-34-42-56(3)4)53-79-83(71,72)77-49-59(66)50-78-84(73,74)80-54-61(52-76-63(68)46-38-30-24-23-28-36-44-58(7)8)82-65(70)48-40-32-22-16-19-27-35-43-57(5)6/h55-61,66H,9-54H2,1-8H3,(H,71,72)(H,73,74)/t59?,60-,61-/m1/s1. The number of ether oxygens (including phenoxy) is 4. The molecule has 498 valence electrons. The molecule has 0 bridgehead atoms. The molecule has 0 aliphatic rings. The first-order valence-corrected chi connectivity index (χ1v) is 36.7. The summed E-state index contributed by atoms with van der Waals surface area (Å²) in [6.07, 6.45) is 35.1. The van der Waals surface area contributed by atoms with Gasteiger partial charge in [-0.1, -0.05) is 261 Å². The fourth-order valence-corrected chi connectivity index (χ4v) is 11.2. The molecule has 0 radical (unpaired) electrons. The van der Waals surface area contributed by atoms with Crippen molar-refractivity contribution in [3.63, 3.8) is 0 Å². The highest BCUT2D eigenvalue weighted by atomic mass is 31.2. The summed E-state index contributed by atoms with van der Waals surface area (Å²) in [5.74, 6) is 0.726. The van der Waals surface area contributed by atoms with Crippen molar-refractivity contribution in [2.24, 2.45) is 23.7 Å². The molecule has 84 heavy (non-hydrogen) atoms. The summed E-state index contributed by atoms with van der Waals surface area (Å²) >= 11 is 0. The zero-order valence-electron chi connectivity index (χ0n) is 54.5. The van der Waals surface area contributed by atoms with Crippen LogP contribution in [-0.4, -0.2) is 96.7 Å². The Morgan fingerprint density at radius 1 is 0.298 bits per heavy atom. The van der Waals surface area contributed by atoms with Crippen LogP contribution in [-0.2, 0) is 65.4 Å². The Morgan fingerprint density at radius 2 is 0.500 bits per heavy atom. The number of rotatable bonds is 62. The Kier molecular flexibility index (Phi) is 53.9. The van der Waals surface area contributed by atoms with Crippen molar-refractivity contribution < 1.29 is 80.2 Å². The minimum absolute atomic E-state index is 0.102. The van der Waals surface area contributed by atoms with Gasteiger partial charge in [-0.3, -0.25) is 37.3 Å². The van der Waals surface area contributed by atoms with Gasteiger partial charge in [0.25, 0.3) is 0 Å². The predicted molar refractivity (Wildman–Crippen MR) is 335 cm³/mol. The minimum atomic E-state index is -4.95. The summed E-state index contributed by atoms with van der Waals surface area (Å²) in [5.41, 5.74) is 0. The molecule has 0 heterocycles. The van der Waals surface area contributed by atoms with Crippen LogP contribution in [0.15, 0.2) is 0 Å². The highest BCUT2D eigenvalue weighted by Gasteiger charge is 2.30. The van der Waals surface area contributed by atoms with Crippen LogP contribution in [0.4, 0.5) is 0 Å². The Labute approximate surface area is 511 Å². The monoisotopic (exact) mass is 1240 g/mol. The molecule has 3 N–H and O–H groups in total. The Bertz CT molecular complexity index is 1680. The highest BCUT2D eigenvalue weighted by molar-refractivity contribution is 7.47. The topological polar surface area (TPSA) is 237 Å². The van der Waals surface area contributed by atoms with Gasteiger partial charge in [0.05, 0.1) is 26.4 Å². The number of hydrogen-bond donors (Lipinski definition) is 3. The first-order chi connectivity index (χ1) is 40.1. The van der Waals surface area contributed by atoms with Gasteiger partial charge in [-0.2, -0.15) is 0 Å². The molecule has 0 aliphatic heterocycles. The minimum Gasteiger partial charge on any atom is -0.462 e. The summed E-state index contributed by atoms with van der Waals surface area (Å²) in [7, 11) is -9.89. The molecular weight excluding hydrogens is 1110 g/mol. The number of esters is 4. The SMILES string of the molecule is CC(C)CCCCCCCCCCCCCC(=O)O[C@H](COC(=O)CCCCCCCCCCC(C)C)COP(=O)(O)OCC(O)COP(=O)(O)OC[C@@H](COC(=O)CCCCCCCCC(C)C)OC(=O)CCCCCCCCCC(C)C.